The van der Waals surface area contributed by atoms with Crippen LogP contribution >= 0.6 is 0 Å². The molecular weight excluding hydrogens is 354 g/mol. The van der Waals surface area contributed by atoms with Crippen LogP contribution in [-0.2, 0) is 4.79 Å². The van der Waals surface area contributed by atoms with Crippen molar-refractivity contribution in [1.29, 1.82) is 0 Å². The molecule has 7 nitrogen and oxygen atoms in total. The molecule has 3 heterocycles. The van der Waals surface area contributed by atoms with Crippen LogP contribution in [0.1, 0.15) is 13.0 Å². The van der Waals surface area contributed by atoms with Crippen LogP contribution in [-0.4, -0.2) is 25.7 Å². The molecule has 3 aromatic heterocycles. The fourth-order valence-corrected chi connectivity index (χ4v) is 2.92. The van der Waals surface area contributed by atoms with Gasteiger partial charge in [-0.3, -0.25) is 19.6 Å². The third-order valence-electron chi connectivity index (χ3n) is 4.42. The lowest BCUT2D eigenvalue weighted by molar-refractivity contribution is -0.119. The van der Waals surface area contributed by atoms with Crippen LogP contribution in [0.2, 0.25) is 0 Å². The molecule has 0 saturated carbocycles. The molecule has 1 unspecified atom stereocenters. The molecule has 0 fully saturated rings. The Morgan fingerprint density at radius 1 is 1.04 bits per heavy atom. The quantitative estimate of drug-likeness (QED) is 0.595. The molecule has 0 radical (unpaired) electrons. The molecule has 7 heteroatoms. The van der Waals surface area contributed by atoms with Gasteiger partial charge in [-0.25, -0.2) is 4.68 Å². The predicted molar refractivity (Wildman–Crippen MR) is 107 cm³/mol. The minimum Gasteiger partial charge on any atom is -0.322 e. The van der Waals surface area contributed by atoms with Crippen LogP contribution in [0.4, 0.5) is 5.69 Å². The number of anilines is 1. The van der Waals surface area contributed by atoms with Crippen molar-refractivity contribution < 1.29 is 4.79 Å². The molecule has 4 aromatic rings. The third-order valence-corrected chi connectivity index (χ3v) is 4.42. The summed E-state index contributed by atoms with van der Waals surface area (Å²) in [5, 5.41) is 8.13. The van der Waals surface area contributed by atoms with Crippen LogP contribution in [0, 0.1) is 0 Å². The van der Waals surface area contributed by atoms with Gasteiger partial charge in [0.1, 0.15) is 6.04 Å². The molecule has 0 aliphatic carbocycles. The summed E-state index contributed by atoms with van der Waals surface area (Å²) in [6, 6.07) is 15.2. The molecule has 0 aliphatic rings. The van der Waals surface area contributed by atoms with Crippen molar-refractivity contribution in [1.82, 2.24) is 19.7 Å². The lowest BCUT2D eigenvalue weighted by Crippen LogP contribution is -2.33. The maximum Gasteiger partial charge on any atom is 0.267 e. The van der Waals surface area contributed by atoms with Crippen molar-refractivity contribution in [2.75, 3.05) is 5.32 Å². The van der Waals surface area contributed by atoms with E-state index in [1.807, 2.05) is 30.3 Å². The van der Waals surface area contributed by atoms with Crippen molar-refractivity contribution in [2.45, 2.75) is 13.0 Å². The van der Waals surface area contributed by atoms with Crippen LogP contribution in [0.25, 0.3) is 22.2 Å². The average molecular weight is 371 g/mol. The Hall–Kier alpha value is -3.87. The maximum absolute atomic E-state index is 12.8. The summed E-state index contributed by atoms with van der Waals surface area (Å²) in [6.07, 6.45) is 4.99. The van der Waals surface area contributed by atoms with Gasteiger partial charge in [0.05, 0.1) is 16.9 Å². The SMILES string of the molecule is CC(C(=O)Nc1cccc2cccnc12)n1nc(-c2cccnc2)ccc1=O. The monoisotopic (exact) mass is 371 g/mol. The number of pyridine rings is 2. The van der Waals surface area contributed by atoms with E-state index >= 15 is 0 Å². The van der Waals surface area contributed by atoms with E-state index in [4.69, 9.17) is 0 Å². The highest BCUT2D eigenvalue weighted by molar-refractivity contribution is 6.01. The molecule has 0 bridgehead atoms. The largest absolute Gasteiger partial charge is 0.322 e. The number of benzene rings is 1. The molecule has 1 N–H and O–H groups in total. The fourth-order valence-electron chi connectivity index (χ4n) is 2.92. The van der Waals surface area contributed by atoms with Gasteiger partial charge in [-0.2, -0.15) is 5.10 Å². The van der Waals surface area contributed by atoms with E-state index in [0.29, 0.717) is 16.9 Å². The average Bonchev–Trinajstić information content (AvgIpc) is 2.74. The Balaban J connectivity index is 1.65. The molecule has 1 atom stereocenters. The summed E-state index contributed by atoms with van der Waals surface area (Å²) in [7, 11) is 0. The number of rotatable bonds is 4. The minimum atomic E-state index is -0.803. The Morgan fingerprint density at radius 3 is 2.68 bits per heavy atom. The van der Waals surface area contributed by atoms with Crippen molar-refractivity contribution in [2.24, 2.45) is 0 Å². The van der Waals surface area contributed by atoms with Gasteiger partial charge in [-0.15, -0.1) is 0 Å². The second-order valence-electron chi connectivity index (χ2n) is 6.29. The number of nitrogens with zero attached hydrogens (tertiary/aromatic N) is 4. The first-order valence-corrected chi connectivity index (χ1v) is 8.78. The lowest BCUT2D eigenvalue weighted by Gasteiger charge is -2.15. The van der Waals surface area contributed by atoms with Crippen molar-refractivity contribution >= 4 is 22.5 Å². The van der Waals surface area contributed by atoms with Crippen LogP contribution in [0.3, 0.4) is 0 Å². The molecule has 0 saturated heterocycles. The molecule has 0 spiro atoms. The number of amides is 1. The van der Waals surface area contributed by atoms with Crippen LogP contribution in [0.15, 0.2) is 78.0 Å². The van der Waals surface area contributed by atoms with Crippen molar-refractivity contribution in [3.8, 4) is 11.3 Å². The Kier molecular flexibility index (Phi) is 4.63. The highest BCUT2D eigenvalue weighted by Crippen LogP contribution is 2.22. The first-order valence-electron chi connectivity index (χ1n) is 8.78. The number of hydrogen-bond acceptors (Lipinski definition) is 5. The second kappa shape index (κ2) is 7.40. The number of para-hydroxylation sites is 1. The van der Waals surface area contributed by atoms with Gasteiger partial charge < -0.3 is 5.32 Å². The molecule has 0 aliphatic heterocycles. The summed E-state index contributed by atoms with van der Waals surface area (Å²) >= 11 is 0. The first-order chi connectivity index (χ1) is 13.6. The van der Waals surface area contributed by atoms with Gasteiger partial charge in [0.25, 0.3) is 5.56 Å². The van der Waals surface area contributed by atoms with E-state index in [9.17, 15) is 9.59 Å². The van der Waals surface area contributed by atoms with Gasteiger partial charge in [0, 0.05) is 35.6 Å². The van der Waals surface area contributed by atoms with Crippen molar-refractivity contribution in [3.63, 3.8) is 0 Å². The van der Waals surface area contributed by atoms with E-state index < -0.39 is 6.04 Å². The zero-order valence-corrected chi connectivity index (χ0v) is 15.1. The molecule has 28 heavy (non-hydrogen) atoms. The zero-order chi connectivity index (χ0) is 19.5. The zero-order valence-electron chi connectivity index (χ0n) is 15.1. The van der Waals surface area contributed by atoms with E-state index in [-0.39, 0.29) is 11.5 Å². The van der Waals surface area contributed by atoms with Crippen molar-refractivity contribution in [3.05, 3.63) is 83.5 Å². The van der Waals surface area contributed by atoms with Gasteiger partial charge in [0.2, 0.25) is 5.91 Å². The maximum atomic E-state index is 12.8. The van der Waals surface area contributed by atoms with Crippen LogP contribution < -0.4 is 10.9 Å². The Morgan fingerprint density at radius 2 is 1.86 bits per heavy atom. The topological polar surface area (TPSA) is 89.8 Å². The van der Waals surface area contributed by atoms with E-state index in [1.54, 1.807) is 43.7 Å². The predicted octanol–water partition coefficient (Wildman–Crippen LogP) is 3.05. The van der Waals surface area contributed by atoms with E-state index in [0.717, 1.165) is 10.9 Å². The van der Waals surface area contributed by atoms with Gasteiger partial charge in [0.15, 0.2) is 0 Å². The standard InChI is InChI=1S/C21H17N5O2/c1-14(21(28)24-18-8-2-5-15-6-4-12-23-20(15)18)26-19(27)10-9-17(25-26)16-7-3-11-22-13-16/h2-14H,1H3,(H,24,28). The number of fused-ring (bicyclic) bond motifs is 1. The van der Waals surface area contributed by atoms with Gasteiger partial charge in [-0.05, 0) is 37.3 Å². The highest BCUT2D eigenvalue weighted by Gasteiger charge is 2.19. The summed E-state index contributed by atoms with van der Waals surface area (Å²) in [6.45, 7) is 1.63. The molecular formula is C21H17N5O2. The summed E-state index contributed by atoms with van der Waals surface area (Å²) in [5.74, 6) is -0.351. The molecule has 4 rings (SSSR count). The Labute approximate surface area is 160 Å². The highest BCUT2D eigenvalue weighted by atomic mass is 16.2. The lowest BCUT2D eigenvalue weighted by atomic mass is 10.2. The summed E-state index contributed by atoms with van der Waals surface area (Å²) < 4.78 is 1.18. The summed E-state index contributed by atoms with van der Waals surface area (Å²) in [4.78, 5) is 33.5. The number of aromatic nitrogens is 4. The second-order valence-corrected chi connectivity index (χ2v) is 6.29. The smallest absolute Gasteiger partial charge is 0.267 e. The Bertz CT molecular complexity index is 1200. The molecule has 1 amide bonds. The molecule has 1 aromatic carbocycles. The summed E-state index contributed by atoms with van der Waals surface area (Å²) in [5.41, 5.74) is 2.26. The minimum absolute atomic E-state index is 0.351. The first kappa shape index (κ1) is 17.5. The van der Waals surface area contributed by atoms with Gasteiger partial charge in [-0.1, -0.05) is 18.2 Å². The molecule has 138 valence electrons. The van der Waals surface area contributed by atoms with E-state index in [1.165, 1.54) is 10.7 Å². The normalized spacial score (nSPS) is 11.9. The number of nitrogens with one attached hydrogen (secondary N) is 1. The third kappa shape index (κ3) is 3.37. The van der Waals surface area contributed by atoms with Gasteiger partial charge >= 0.3 is 0 Å². The van der Waals surface area contributed by atoms with E-state index in [2.05, 4.69) is 20.4 Å². The van der Waals surface area contributed by atoms with Crippen LogP contribution in [0.5, 0.6) is 0 Å². The number of hydrogen-bond donors (Lipinski definition) is 1. The number of carbonyl (C=O) groups excluding carboxylic acids is 1. The fraction of sp³-hybridized carbons (Fsp3) is 0.0952. The number of carbonyl (C=O) groups is 1.